The van der Waals surface area contributed by atoms with Crippen LogP contribution in [-0.4, -0.2) is 13.2 Å². The summed E-state index contributed by atoms with van der Waals surface area (Å²) in [7, 11) is -3.29. The molecule has 0 aromatic heterocycles. The maximum Gasteiger partial charge on any atom is 0.351 e. The minimum absolute atomic E-state index is 0.315. The van der Waals surface area contributed by atoms with Gasteiger partial charge >= 0.3 is 7.60 Å². The van der Waals surface area contributed by atoms with Crippen LogP contribution >= 0.6 is 7.60 Å². The lowest BCUT2D eigenvalue weighted by Gasteiger charge is -2.23. The second kappa shape index (κ2) is 6.48. The van der Waals surface area contributed by atoms with Crippen LogP contribution < -0.4 is 5.73 Å². The van der Waals surface area contributed by atoms with Crippen molar-refractivity contribution in [3.05, 3.63) is 34.9 Å². The van der Waals surface area contributed by atoms with Gasteiger partial charge in [-0.05, 0) is 44.4 Å². The fraction of sp³-hybridized carbons (Fsp3) is 0.538. The molecule has 2 N–H and O–H groups in total. The summed E-state index contributed by atoms with van der Waals surface area (Å²) in [5.74, 6) is -0.739. The van der Waals surface area contributed by atoms with E-state index >= 15 is 0 Å². The van der Waals surface area contributed by atoms with Gasteiger partial charge in [0.2, 0.25) is 0 Å². The number of nitrogens with two attached hydrogens (primary N) is 1. The molecule has 0 aliphatic carbocycles. The lowest BCUT2D eigenvalue weighted by Crippen LogP contribution is -2.15. The second-order valence-corrected chi connectivity index (χ2v) is 6.32. The Hall–Kier alpha value is -0.670. The molecule has 0 radical (unpaired) electrons. The van der Waals surface area contributed by atoms with E-state index in [2.05, 4.69) is 0 Å². The third-order valence-electron chi connectivity index (χ3n) is 2.83. The van der Waals surface area contributed by atoms with Gasteiger partial charge in [-0.2, -0.15) is 0 Å². The molecule has 4 nitrogen and oxygen atoms in total. The van der Waals surface area contributed by atoms with E-state index in [0.717, 1.165) is 11.1 Å². The van der Waals surface area contributed by atoms with Crippen LogP contribution in [0.3, 0.4) is 0 Å². The van der Waals surface area contributed by atoms with Gasteiger partial charge < -0.3 is 14.8 Å². The molecule has 1 rings (SSSR count). The van der Waals surface area contributed by atoms with Gasteiger partial charge in [-0.25, -0.2) is 0 Å². The van der Waals surface area contributed by atoms with E-state index in [1.54, 1.807) is 13.8 Å². The molecule has 0 heterocycles. The maximum absolute atomic E-state index is 12.5. The number of hydrogen-bond donors (Lipinski definition) is 1. The van der Waals surface area contributed by atoms with Crippen molar-refractivity contribution in [2.45, 2.75) is 33.5 Å². The maximum atomic E-state index is 12.5. The average molecular weight is 271 g/mol. The molecule has 0 amide bonds. The minimum atomic E-state index is -3.29. The summed E-state index contributed by atoms with van der Waals surface area (Å²) in [6.07, 6.45) is 0. The van der Waals surface area contributed by atoms with Crippen molar-refractivity contribution in [3.8, 4) is 0 Å². The minimum Gasteiger partial charge on any atom is -0.314 e. The molecule has 0 bridgehead atoms. The summed E-state index contributed by atoms with van der Waals surface area (Å²) in [5, 5.41) is 0. The fourth-order valence-corrected chi connectivity index (χ4v) is 3.33. The lowest BCUT2D eigenvalue weighted by molar-refractivity contribution is 0.212. The highest BCUT2D eigenvalue weighted by molar-refractivity contribution is 7.54. The molecule has 0 aliphatic heterocycles. The Labute approximate surface area is 109 Å². The smallest absolute Gasteiger partial charge is 0.314 e. The van der Waals surface area contributed by atoms with Crippen molar-refractivity contribution in [1.82, 2.24) is 0 Å². The molecule has 102 valence electrons. The Bertz CT molecular complexity index is 438. The van der Waals surface area contributed by atoms with Crippen LogP contribution in [0.5, 0.6) is 0 Å². The molecule has 0 saturated heterocycles. The summed E-state index contributed by atoms with van der Waals surface area (Å²) >= 11 is 0. The number of rotatable bonds is 6. The fourth-order valence-electron chi connectivity index (χ4n) is 1.69. The number of aryl methyl sites for hydroxylation is 2. The van der Waals surface area contributed by atoms with E-state index in [1.807, 2.05) is 32.0 Å². The number of benzene rings is 1. The molecule has 1 aromatic carbocycles. The van der Waals surface area contributed by atoms with Gasteiger partial charge in [-0.3, -0.25) is 4.57 Å². The van der Waals surface area contributed by atoms with Gasteiger partial charge in [0.1, 0.15) is 5.78 Å². The first-order valence-corrected chi connectivity index (χ1v) is 7.77. The molecule has 0 fully saturated rings. The summed E-state index contributed by atoms with van der Waals surface area (Å²) in [6.45, 7) is 8.20. The summed E-state index contributed by atoms with van der Waals surface area (Å²) in [4.78, 5) is 0. The van der Waals surface area contributed by atoms with Crippen molar-refractivity contribution >= 4 is 7.60 Å². The lowest BCUT2D eigenvalue weighted by atomic mass is 10.1. The van der Waals surface area contributed by atoms with Crippen molar-refractivity contribution in [1.29, 1.82) is 0 Å². The predicted octanol–water partition coefficient (Wildman–Crippen LogP) is 3.53. The molecule has 0 aliphatic rings. The first kappa shape index (κ1) is 15.4. The molecule has 0 unspecified atom stereocenters. The molecule has 5 heteroatoms. The van der Waals surface area contributed by atoms with Gasteiger partial charge in [-0.1, -0.05) is 18.2 Å². The van der Waals surface area contributed by atoms with Crippen LogP contribution in [0.2, 0.25) is 0 Å². The van der Waals surface area contributed by atoms with E-state index in [0.29, 0.717) is 13.2 Å². The van der Waals surface area contributed by atoms with E-state index in [9.17, 15) is 4.57 Å². The van der Waals surface area contributed by atoms with Gasteiger partial charge in [-0.15, -0.1) is 0 Å². The monoisotopic (exact) mass is 271 g/mol. The highest BCUT2D eigenvalue weighted by Gasteiger charge is 2.33. The van der Waals surface area contributed by atoms with Crippen LogP contribution in [0, 0.1) is 13.8 Å². The molecule has 0 spiro atoms. The first-order valence-electron chi connectivity index (χ1n) is 6.16. The molecular formula is C13H22NO3P. The Morgan fingerprint density at radius 2 is 1.72 bits per heavy atom. The zero-order chi connectivity index (χ0) is 13.8. The topological polar surface area (TPSA) is 61.5 Å². The van der Waals surface area contributed by atoms with Crippen molar-refractivity contribution in [2.24, 2.45) is 5.73 Å². The van der Waals surface area contributed by atoms with E-state index in [-0.39, 0.29) is 0 Å². The second-order valence-electron chi connectivity index (χ2n) is 4.16. The highest BCUT2D eigenvalue weighted by atomic mass is 31.2. The Morgan fingerprint density at radius 1 is 1.17 bits per heavy atom. The molecule has 0 saturated carbocycles. The van der Waals surface area contributed by atoms with E-state index in [1.165, 1.54) is 5.56 Å². The van der Waals surface area contributed by atoms with Crippen molar-refractivity contribution in [3.63, 3.8) is 0 Å². The van der Waals surface area contributed by atoms with Gasteiger partial charge in [0.25, 0.3) is 0 Å². The third kappa shape index (κ3) is 3.42. The highest BCUT2D eigenvalue weighted by Crippen LogP contribution is 2.58. The summed E-state index contributed by atoms with van der Waals surface area (Å²) in [5.41, 5.74) is 9.12. The molecule has 1 aromatic rings. The zero-order valence-electron chi connectivity index (χ0n) is 11.5. The molecule has 1 atom stereocenters. The summed E-state index contributed by atoms with van der Waals surface area (Å²) in [6, 6.07) is 5.77. The molecule has 18 heavy (non-hydrogen) atoms. The largest absolute Gasteiger partial charge is 0.351 e. The van der Waals surface area contributed by atoms with Crippen LogP contribution in [0.25, 0.3) is 0 Å². The van der Waals surface area contributed by atoms with Gasteiger partial charge in [0.05, 0.1) is 13.2 Å². The number of hydrogen-bond acceptors (Lipinski definition) is 4. The van der Waals surface area contributed by atoms with Gasteiger partial charge in [0, 0.05) is 0 Å². The molecular weight excluding hydrogens is 249 g/mol. The standard InChI is InChI=1S/C13H22NO3P/c1-5-16-18(15,17-6-2)13(14)12-8-7-10(3)11(4)9-12/h7-9,13H,5-6,14H2,1-4H3/t13-/m0/s1. The van der Waals surface area contributed by atoms with E-state index < -0.39 is 13.4 Å². The van der Waals surface area contributed by atoms with Crippen LogP contribution in [0.15, 0.2) is 18.2 Å². The van der Waals surface area contributed by atoms with Crippen LogP contribution in [0.4, 0.5) is 0 Å². The van der Waals surface area contributed by atoms with Crippen LogP contribution in [0.1, 0.15) is 36.3 Å². The quantitative estimate of drug-likeness (QED) is 0.804. The zero-order valence-corrected chi connectivity index (χ0v) is 12.4. The van der Waals surface area contributed by atoms with E-state index in [4.69, 9.17) is 14.8 Å². The summed E-state index contributed by atoms with van der Waals surface area (Å²) < 4.78 is 23.1. The third-order valence-corrected chi connectivity index (χ3v) is 5.05. The van der Waals surface area contributed by atoms with Crippen molar-refractivity contribution < 1.29 is 13.6 Å². The Morgan fingerprint density at radius 3 is 2.17 bits per heavy atom. The van der Waals surface area contributed by atoms with Crippen molar-refractivity contribution in [2.75, 3.05) is 13.2 Å². The first-order chi connectivity index (χ1) is 8.44. The Balaban J connectivity index is 3.05. The van der Waals surface area contributed by atoms with Gasteiger partial charge in [0.15, 0.2) is 0 Å². The van der Waals surface area contributed by atoms with Crippen LogP contribution in [-0.2, 0) is 13.6 Å². The predicted molar refractivity (Wildman–Crippen MR) is 73.7 cm³/mol. The SMILES string of the molecule is CCOP(=O)(OCC)[C@H](N)c1ccc(C)c(C)c1. The normalized spacial score (nSPS) is 13.6. The Kier molecular flexibility index (Phi) is 5.54. The average Bonchev–Trinajstić information content (AvgIpc) is 2.32.